The summed E-state index contributed by atoms with van der Waals surface area (Å²) >= 11 is 1.22. The summed E-state index contributed by atoms with van der Waals surface area (Å²) in [4.78, 5) is 33.8. The predicted octanol–water partition coefficient (Wildman–Crippen LogP) is 1.68. The van der Waals surface area contributed by atoms with Crippen LogP contribution in [0.4, 0.5) is 0 Å². The Morgan fingerprint density at radius 3 is 2.82 bits per heavy atom. The molecule has 0 radical (unpaired) electrons. The number of aliphatic hydroxyl groups is 1. The summed E-state index contributed by atoms with van der Waals surface area (Å²) < 4.78 is 13.8. The van der Waals surface area contributed by atoms with E-state index in [-0.39, 0.29) is 24.5 Å². The third kappa shape index (κ3) is 5.56. The molecule has 3 rings (SSSR count). The lowest BCUT2D eigenvalue weighted by molar-refractivity contribution is 0.0967. The zero-order chi connectivity index (χ0) is 24.0. The predicted molar refractivity (Wildman–Crippen MR) is 124 cm³/mol. The maximum Gasteiger partial charge on any atom is 0.317 e. The van der Waals surface area contributed by atoms with Gasteiger partial charge >= 0.3 is 5.91 Å². The van der Waals surface area contributed by atoms with E-state index in [0.717, 1.165) is 0 Å². The smallest absolute Gasteiger partial charge is 0.317 e. The number of carbonyl (C=O) groups is 2. The maximum atomic E-state index is 13.0. The molecule has 2 amide bonds. The molecule has 0 aliphatic heterocycles. The zero-order valence-corrected chi connectivity index (χ0v) is 19.4. The number of allylic oxidation sites excluding steroid dienone is 1. The summed E-state index contributed by atoms with van der Waals surface area (Å²) in [6, 6.07) is 3.20. The highest BCUT2D eigenvalue weighted by Crippen LogP contribution is 2.30. The first-order valence-corrected chi connectivity index (χ1v) is 11.3. The minimum atomic E-state index is -0.605. The molecule has 3 aromatic rings. The second kappa shape index (κ2) is 11.0. The van der Waals surface area contributed by atoms with Crippen LogP contribution in [0.25, 0.3) is 10.2 Å². The SMILES string of the molecule is CCc1nc(C)oc1C(=O)/N=c1\sc2cc(C(N)=O)cc(OCCCO)c2n1C/C=C/CN. The van der Waals surface area contributed by atoms with Crippen molar-refractivity contribution >= 4 is 33.4 Å². The van der Waals surface area contributed by atoms with Gasteiger partial charge in [0.1, 0.15) is 11.3 Å². The van der Waals surface area contributed by atoms with E-state index in [1.807, 2.05) is 13.0 Å². The summed E-state index contributed by atoms with van der Waals surface area (Å²) in [5, 5.41) is 9.11. The first kappa shape index (κ1) is 24.4. The van der Waals surface area contributed by atoms with E-state index in [1.54, 1.807) is 29.7 Å². The molecule has 0 unspecified atom stereocenters. The fourth-order valence-corrected chi connectivity index (χ4v) is 4.31. The summed E-state index contributed by atoms with van der Waals surface area (Å²) in [6.07, 6.45) is 4.59. The average Bonchev–Trinajstić information content (AvgIpc) is 3.33. The van der Waals surface area contributed by atoms with Crippen LogP contribution in [0, 0.1) is 6.92 Å². The molecule has 0 bridgehead atoms. The van der Waals surface area contributed by atoms with Crippen molar-refractivity contribution in [3.05, 3.63) is 52.0 Å². The van der Waals surface area contributed by atoms with Gasteiger partial charge in [-0.25, -0.2) is 4.98 Å². The molecule has 0 spiro atoms. The number of primary amides is 1. The van der Waals surface area contributed by atoms with E-state index in [9.17, 15) is 9.59 Å². The Bertz CT molecular complexity index is 1250. The molecule has 0 saturated heterocycles. The number of oxazole rings is 1. The van der Waals surface area contributed by atoms with Crippen LogP contribution < -0.4 is 21.0 Å². The molecule has 5 N–H and O–H groups in total. The van der Waals surface area contributed by atoms with Crippen LogP contribution in [0.5, 0.6) is 5.75 Å². The number of hydrogen-bond acceptors (Lipinski definition) is 8. The summed E-state index contributed by atoms with van der Waals surface area (Å²) in [7, 11) is 0. The van der Waals surface area contributed by atoms with Gasteiger partial charge in [0.05, 0.1) is 17.0 Å². The monoisotopic (exact) mass is 473 g/mol. The Kier molecular flexibility index (Phi) is 8.15. The highest BCUT2D eigenvalue weighted by Gasteiger charge is 2.20. The second-order valence-electron chi connectivity index (χ2n) is 7.09. The number of nitrogens with two attached hydrogens (primary N) is 2. The van der Waals surface area contributed by atoms with Crippen molar-refractivity contribution in [3.63, 3.8) is 0 Å². The van der Waals surface area contributed by atoms with E-state index >= 15 is 0 Å². The van der Waals surface area contributed by atoms with Gasteiger partial charge in [-0.1, -0.05) is 30.4 Å². The van der Waals surface area contributed by atoms with Crippen LogP contribution in [0.2, 0.25) is 0 Å². The van der Waals surface area contributed by atoms with Gasteiger partial charge in [-0.15, -0.1) is 0 Å². The van der Waals surface area contributed by atoms with Gasteiger partial charge in [-0.05, 0) is 18.6 Å². The van der Waals surface area contributed by atoms with Gasteiger partial charge in [-0.2, -0.15) is 4.99 Å². The van der Waals surface area contributed by atoms with Crippen molar-refractivity contribution < 1.29 is 23.8 Å². The first-order valence-electron chi connectivity index (χ1n) is 10.5. The van der Waals surface area contributed by atoms with Crippen LogP contribution >= 0.6 is 11.3 Å². The number of thiazole rings is 1. The molecule has 11 heteroatoms. The largest absolute Gasteiger partial charge is 0.491 e. The zero-order valence-electron chi connectivity index (χ0n) is 18.5. The average molecular weight is 474 g/mol. The number of nitrogens with zero attached hydrogens (tertiary/aromatic N) is 3. The number of aliphatic hydroxyl groups excluding tert-OH is 1. The number of benzene rings is 1. The van der Waals surface area contributed by atoms with Gasteiger partial charge < -0.3 is 30.3 Å². The molecule has 10 nitrogen and oxygen atoms in total. The van der Waals surface area contributed by atoms with Gasteiger partial charge in [0, 0.05) is 38.6 Å². The first-order chi connectivity index (χ1) is 15.9. The van der Waals surface area contributed by atoms with Crippen LogP contribution in [0.3, 0.4) is 0 Å². The molecule has 2 aromatic heterocycles. The van der Waals surface area contributed by atoms with Crippen molar-refractivity contribution in [2.75, 3.05) is 19.8 Å². The number of amides is 2. The molecule has 0 fully saturated rings. The van der Waals surface area contributed by atoms with Gasteiger partial charge in [0.2, 0.25) is 11.7 Å². The lowest BCUT2D eigenvalue weighted by Crippen LogP contribution is -2.17. The maximum absolute atomic E-state index is 13.0. The topological polar surface area (TPSA) is 159 Å². The quantitative estimate of drug-likeness (QED) is 0.298. The molecular formula is C22H27N5O5S. The molecule has 1 aromatic carbocycles. The van der Waals surface area contributed by atoms with Crippen molar-refractivity contribution in [1.82, 2.24) is 9.55 Å². The molecule has 0 aliphatic rings. The Morgan fingerprint density at radius 2 is 2.15 bits per heavy atom. The number of ether oxygens (including phenoxy) is 1. The number of rotatable bonds is 10. The van der Waals surface area contributed by atoms with E-state index < -0.39 is 11.8 Å². The van der Waals surface area contributed by atoms with E-state index in [0.29, 0.717) is 58.3 Å². The second-order valence-corrected chi connectivity index (χ2v) is 8.10. The number of carbonyl (C=O) groups excluding carboxylic acids is 2. The van der Waals surface area contributed by atoms with Crippen LogP contribution in [0.15, 0.2) is 33.7 Å². The van der Waals surface area contributed by atoms with Gasteiger partial charge in [0.25, 0.3) is 0 Å². The minimum absolute atomic E-state index is 0.0347. The highest BCUT2D eigenvalue weighted by molar-refractivity contribution is 7.16. The third-order valence-corrected chi connectivity index (χ3v) is 5.73. The summed E-state index contributed by atoms with van der Waals surface area (Å²) in [6.45, 7) is 4.49. The van der Waals surface area contributed by atoms with Crippen molar-refractivity contribution in [1.29, 1.82) is 0 Å². The van der Waals surface area contributed by atoms with Crippen LogP contribution in [-0.2, 0) is 13.0 Å². The van der Waals surface area contributed by atoms with E-state index in [1.165, 1.54) is 11.3 Å². The van der Waals surface area contributed by atoms with Gasteiger partial charge in [-0.3, -0.25) is 9.59 Å². The minimum Gasteiger partial charge on any atom is -0.491 e. The highest BCUT2D eigenvalue weighted by atomic mass is 32.1. The lowest BCUT2D eigenvalue weighted by atomic mass is 10.2. The molecular weight excluding hydrogens is 446 g/mol. The van der Waals surface area contributed by atoms with Gasteiger partial charge in [0.15, 0.2) is 10.7 Å². The Hall–Kier alpha value is -3.28. The molecule has 2 heterocycles. The van der Waals surface area contributed by atoms with Crippen LogP contribution in [0.1, 0.15) is 45.8 Å². The van der Waals surface area contributed by atoms with Crippen molar-refractivity contribution in [2.24, 2.45) is 16.5 Å². The van der Waals surface area contributed by atoms with Crippen molar-refractivity contribution in [2.45, 2.75) is 33.2 Å². The fraction of sp³-hybridized carbons (Fsp3) is 0.364. The Balaban J connectivity index is 2.22. The van der Waals surface area contributed by atoms with Crippen LogP contribution in [-0.4, -0.2) is 46.2 Å². The number of aromatic nitrogens is 2. The molecule has 0 saturated carbocycles. The molecule has 33 heavy (non-hydrogen) atoms. The third-order valence-electron chi connectivity index (χ3n) is 4.71. The van der Waals surface area contributed by atoms with E-state index in [4.69, 9.17) is 25.7 Å². The molecule has 176 valence electrons. The molecule has 0 aliphatic carbocycles. The number of aryl methyl sites for hydroxylation is 2. The summed E-state index contributed by atoms with van der Waals surface area (Å²) in [5.41, 5.74) is 12.6. The molecule has 0 atom stereocenters. The number of hydrogen-bond donors (Lipinski definition) is 3. The van der Waals surface area contributed by atoms with E-state index in [2.05, 4.69) is 9.98 Å². The van der Waals surface area contributed by atoms with Crippen molar-refractivity contribution in [3.8, 4) is 5.75 Å². The standard InChI is InChI=1S/C22H27N5O5S/c1-3-15-19(32-13(2)25-15)21(30)26-22-27(8-5-4-7-23)18-16(31-10-6-9-28)11-14(20(24)29)12-17(18)33-22/h4-5,11-12,28H,3,6-10,23H2,1-2H3,(H2,24,29)/b5-4+,26-22-. The fourth-order valence-electron chi connectivity index (χ4n) is 3.22. The summed E-state index contributed by atoms with van der Waals surface area (Å²) in [5.74, 6) is -0.245. The Morgan fingerprint density at radius 1 is 1.36 bits per heavy atom. The lowest BCUT2D eigenvalue weighted by Gasteiger charge is -2.11. The normalized spacial score (nSPS) is 12.2. The number of fused-ring (bicyclic) bond motifs is 1. The Labute approximate surface area is 194 Å².